The Morgan fingerprint density at radius 1 is 0.868 bits per heavy atom. The number of carboxylic acids is 1. The van der Waals surface area contributed by atoms with Gasteiger partial charge >= 0.3 is 5.97 Å². The zero-order chi connectivity index (χ0) is 26.9. The van der Waals surface area contributed by atoms with Gasteiger partial charge in [0.2, 0.25) is 11.8 Å². The number of likely N-dealkylation sites (tertiary alicyclic amines) is 1. The largest absolute Gasteiger partial charge is 0.480 e. The van der Waals surface area contributed by atoms with Crippen LogP contribution in [0.3, 0.4) is 0 Å². The Morgan fingerprint density at radius 3 is 1.76 bits per heavy atom. The first-order valence-electron chi connectivity index (χ1n) is 13.1. The number of carbonyl (C=O) groups excluding carboxylic acids is 2. The maximum atomic E-state index is 13.6. The van der Waals surface area contributed by atoms with Crippen LogP contribution < -0.4 is 5.32 Å². The first-order valence-corrected chi connectivity index (χ1v) is 13.1. The highest BCUT2D eigenvalue weighted by Gasteiger charge is 2.56. The molecule has 0 aliphatic carbocycles. The van der Waals surface area contributed by atoms with E-state index in [1.54, 1.807) is 13.8 Å². The van der Waals surface area contributed by atoms with E-state index in [1.807, 2.05) is 54.6 Å². The third-order valence-corrected chi connectivity index (χ3v) is 7.70. The minimum absolute atomic E-state index is 0.214. The molecule has 2 amide bonds. The molecule has 5 rings (SSSR count). The van der Waals surface area contributed by atoms with Crippen molar-refractivity contribution in [1.82, 2.24) is 15.1 Å². The fourth-order valence-corrected chi connectivity index (χ4v) is 5.93. The Labute approximate surface area is 223 Å². The van der Waals surface area contributed by atoms with Gasteiger partial charge in [0.25, 0.3) is 0 Å². The van der Waals surface area contributed by atoms with E-state index in [1.165, 1.54) is 4.90 Å². The van der Waals surface area contributed by atoms with Gasteiger partial charge in [0.05, 0.1) is 5.54 Å². The number of hydrogen-bond acceptors (Lipinski definition) is 4. The average Bonchev–Trinajstić information content (AvgIpc) is 3.66. The number of benzene rings is 3. The monoisotopic (exact) mass is 511 g/mol. The first kappa shape index (κ1) is 25.7. The fraction of sp³-hybridized carbons (Fsp3) is 0.323. The lowest BCUT2D eigenvalue weighted by atomic mass is 9.76. The van der Waals surface area contributed by atoms with Crippen LogP contribution in [0.5, 0.6) is 0 Å². The molecular weight excluding hydrogens is 478 g/mol. The standard InChI is InChI=1S/C31H33N3O4/c1-21(2)27(30(37)38)33-19-18-25(29(33)36)32-28(35)26-20-34(26)31(22-12-6-3-7-13-22,23-14-8-4-9-15-23)24-16-10-5-11-17-24/h3-17,21,25-27H,18-20H2,1-2H3,(H,32,35)(H,37,38)/t25-,26?,27-,34?/m0/s1. The Balaban J connectivity index is 1.44. The maximum Gasteiger partial charge on any atom is 0.326 e. The zero-order valence-electron chi connectivity index (χ0n) is 21.7. The quantitative estimate of drug-likeness (QED) is 0.339. The van der Waals surface area contributed by atoms with E-state index >= 15 is 0 Å². The van der Waals surface area contributed by atoms with Crippen molar-refractivity contribution in [2.45, 2.75) is 43.9 Å². The minimum atomic E-state index is -1.02. The zero-order valence-corrected chi connectivity index (χ0v) is 21.7. The molecule has 2 fully saturated rings. The summed E-state index contributed by atoms with van der Waals surface area (Å²) < 4.78 is 0. The summed E-state index contributed by atoms with van der Waals surface area (Å²) in [6, 6.07) is 28.5. The van der Waals surface area contributed by atoms with Crippen LogP contribution in [-0.4, -0.2) is 63.9 Å². The molecule has 0 aromatic heterocycles. The van der Waals surface area contributed by atoms with Gasteiger partial charge in [0, 0.05) is 13.1 Å². The lowest BCUT2D eigenvalue weighted by Gasteiger charge is -2.38. The lowest BCUT2D eigenvalue weighted by molar-refractivity contribution is -0.150. The van der Waals surface area contributed by atoms with Gasteiger partial charge in [-0.1, -0.05) is 105 Å². The second kappa shape index (κ2) is 10.4. The summed E-state index contributed by atoms with van der Waals surface area (Å²) >= 11 is 0. The predicted molar refractivity (Wildman–Crippen MR) is 144 cm³/mol. The molecule has 38 heavy (non-hydrogen) atoms. The summed E-state index contributed by atoms with van der Waals surface area (Å²) in [6.07, 6.45) is 0.398. The Bertz CT molecular complexity index is 1200. The van der Waals surface area contributed by atoms with Crippen LogP contribution in [0.15, 0.2) is 91.0 Å². The molecule has 2 aliphatic rings. The van der Waals surface area contributed by atoms with Crippen molar-refractivity contribution in [3.63, 3.8) is 0 Å². The van der Waals surface area contributed by atoms with Gasteiger partial charge in [0.15, 0.2) is 0 Å². The number of nitrogens with one attached hydrogen (secondary N) is 1. The SMILES string of the molecule is CC(C)[C@@H](C(=O)O)N1CC[C@H](NC(=O)C2CN2C(c2ccccc2)(c2ccccc2)c2ccccc2)C1=O. The number of amides is 2. The molecule has 7 heteroatoms. The number of carboxylic acid groups (broad SMARTS) is 1. The third kappa shape index (κ3) is 4.47. The summed E-state index contributed by atoms with van der Waals surface area (Å²) in [5.41, 5.74) is 2.47. The number of rotatable bonds is 9. The van der Waals surface area contributed by atoms with Crippen molar-refractivity contribution in [2.75, 3.05) is 13.1 Å². The lowest BCUT2D eigenvalue weighted by Crippen LogP contribution is -2.50. The molecule has 2 N–H and O–H groups in total. The van der Waals surface area contributed by atoms with Crippen LogP contribution in [0.1, 0.15) is 37.0 Å². The summed E-state index contributed by atoms with van der Waals surface area (Å²) in [7, 11) is 0. The summed E-state index contributed by atoms with van der Waals surface area (Å²) in [6.45, 7) is 4.42. The maximum absolute atomic E-state index is 13.6. The molecule has 4 atom stereocenters. The molecule has 0 spiro atoms. The molecule has 3 aromatic carbocycles. The number of aliphatic carboxylic acids is 1. The van der Waals surface area contributed by atoms with Crippen LogP contribution in [-0.2, 0) is 19.9 Å². The third-order valence-electron chi connectivity index (χ3n) is 7.70. The predicted octanol–water partition coefficient (Wildman–Crippen LogP) is 3.49. The van der Waals surface area contributed by atoms with Crippen molar-refractivity contribution < 1.29 is 19.5 Å². The van der Waals surface area contributed by atoms with Gasteiger partial charge < -0.3 is 15.3 Å². The molecule has 7 nitrogen and oxygen atoms in total. The Kier molecular flexibility index (Phi) is 7.04. The molecule has 3 aromatic rings. The summed E-state index contributed by atoms with van der Waals surface area (Å²) in [5.74, 6) is -1.79. The number of nitrogens with zero attached hydrogens (tertiary/aromatic N) is 2. The van der Waals surface area contributed by atoms with Crippen LogP contribution in [0.2, 0.25) is 0 Å². The second-order valence-corrected chi connectivity index (χ2v) is 10.4. The van der Waals surface area contributed by atoms with Gasteiger partial charge in [-0.05, 0) is 29.0 Å². The molecule has 0 bridgehead atoms. The Morgan fingerprint density at radius 2 is 1.34 bits per heavy atom. The van der Waals surface area contributed by atoms with E-state index in [4.69, 9.17) is 0 Å². The van der Waals surface area contributed by atoms with Gasteiger partial charge in [-0.3, -0.25) is 14.5 Å². The second-order valence-electron chi connectivity index (χ2n) is 10.4. The van der Waals surface area contributed by atoms with Crippen LogP contribution in [0, 0.1) is 5.92 Å². The van der Waals surface area contributed by atoms with E-state index in [9.17, 15) is 19.5 Å². The average molecular weight is 512 g/mol. The van der Waals surface area contributed by atoms with Crippen LogP contribution in [0.4, 0.5) is 0 Å². The molecular formula is C31H33N3O4. The fourth-order valence-electron chi connectivity index (χ4n) is 5.93. The molecule has 2 aliphatic heterocycles. The van der Waals surface area contributed by atoms with Crippen molar-refractivity contribution in [2.24, 2.45) is 5.92 Å². The summed E-state index contributed by atoms with van der Waals surface area (Å²) in [4.78, 5) is 42.0. The van der Waals surface area contributed by atoms with Gasteiger partial charge in [-0.25, -0.2) is 4.79 Å². The Hall–Kier alpha value is -3.97. The molecule has 2 saturated heterocycles. The van der Waals surface area contributed by atoms with Crippen molar-refractivity contribution >= 4 is 17.8 Å². The highest BCUT2D eigenvalue weighted by atomic mass is 16.4. The minimum Gasteiger partial charge on any atom is -0.480 e. The normalized spacial score (nSPS) is 21.8. The van der Waals surface area contributed by atoms with Crippen molar-refractivity contribution in [3.05, 3.63) is 108 Å². The van der Waals surface area contributed by atoms with E-state index < -0.39 is 29.6 Å². The highest BCUT2D eigenvalue weighted by molar-refractivity contribution is 5.94. The molecule has 2 unspecified atom stereocenters. The van der Waals surface area contributed by atoms with E-state index in [0.29, 0.717) is 19.5 Å². The first-order chi connectivity index (χ1) is 18.4. The highest BCUT2D eigenvalue weighted by Crippen LogP contribution is 2.48. The van der Waals surface area contributed by atoms with Crippen LogP contribution in [0.25, 0.3) is 0 Å². The van der Waals surface area contributed by atoms with Gasteiger partial charge in [-0.2, -0.15) is 0 Å². The van der Waals surface area contributed by atoms with Crippen molar-refractivity contribution in [3.8, 4) is 0 Å². The topological polar surface area (TPSA) is 89.7 Å². The van der Waals surface area contributed by atoms with Crippen LogP contribution >= 0.6 is 0 Å². The summed E-state index contributed by atoms with van der Waals surface area (Å²) in [5, 5.41) is 12.6. The van der Waals surface area contributed by atoms with E-state index in [-0.39, 0.29) is 17.7 Å². The van der Waals surface area contributed by atoms with Gasteiger partial charge in [0.1, 0.15) is 18.1 Å². The molecule has 0 saturated carbocycles. The van der Waals surface area contributed by atoms with E-state index in [0.717, 1.165) is 16.7 Å². The number of hydrogen-bond donors (Lipinski definition) is 2. The molecule has 196 valence electrons. The smallest absolute Gasteiger partial charge is 0.326 e. The van der Waals surface area contributed by atoms with E-state index in [2.05, 4.69) is 46.6 Å². The number of carbonyl (C=O) groups is 3. The van der Waals surface area contributed by atoms with Gasteiger partial charge in [-0.15, -0.1) is 0 Å². The molecule has 2 heterocycles. The molecule has 0 radical (unpaired) electrons. The van der Waals surface area contributed by atoms with Crippen molar-refractivity contribution in [1.29, 1.82) is 0 Å².